The number of piperazine rings is 2. The van der Waals surface area contributed by atoms with Gasteiger partial charge in [0.2, 0.25) is 0 Å². The lowest BCUT2D eigenvalue weighted by Gasteiger charge is -2.26. The van der Waals surface area contributed by atoms with Crippen molar-refractivity contribution in [2.45, 2.75) is 19.3 Å². The number of carbonyl (C=O) groups excluding carboxylic acids is 2. The Labute approximate surface area is 124 Å². The molecule has 0 spiro atoms. The Morgan fingerprint density at radius 2 is 1.14 bits per heavy atom. The van der Waals surface area contributed by atoms with Crippen molar-refractivity contribution in [1.82, 2.24) is 20.8 Å². The maximum atomic E-state index is 11.6. The topological polar surface area (TPSA) is 83.1 Å². The minimum atomic E-state index is -0.285. The van der Waals surface area contributed by atoms with E-state index in [1.165, 1.54) is 0 Å². The second-order valence-electron chi connectivity index (χ2n) is 5.14. The fourth-order valence-corrected chi connectivity index (χ4v) is 2.23. The van der Waals surface area contributed by atoms with Crippen molar-refractivity contribution in [3.63, 3.8) is 0 Å². The summed E-state index contributed by atoms with van der Waals surface area (Å²) in [5.74, 6) is -0.571. The van der Waals surface area contributed by atoms with Crippen molar-refractivity contribution in [3.05, 3.63) is 0 Å². The van der Waals surface area contributed by atoms with Gasteiger partial charge in [-0.15, -0.1) is 10.1 Å². The van der Waals surface area contributed by atoms with Gasteiger partial charge in [-0.3, -0.25) is 9.59 Å². The highest BCUT2D eigenvalue weighted by Gasteiger charge is 2.17. The van der Waals surface area contributed by atoms with Crippen LogP contribution in [0.15, 0.2) is 0 Å². The predicted molar refractivity (Wildman–Crippen MR) is 74.9 cm³/mol. The lowest BCUT2D eigenvalue weighted by Crippen LogP contribution is -2.44. The van der Waals surface area contributed by atoms with Crippen molar-refractivity contribution in [2.24, 2.45) is 0 Å². The SMILES string of the molecule is O=C(CCCC(=O)ON1CCNCC1)ON1CCNCC1. The molecule has 8 heteroatoms. The van der Waals surface area contributed by atoms with Gasteiger partial charge < -0.3 is 20.3 Å². The Balaban J connectivity index is 1.53. The van der Waals surface area contributed by atoms with Gasteiger partial charge in [0.05, 0.1) is 0 Å². The van der Waals surface area contributed by atoms with E-state index >= 15 is 0 Å². The summed E-state index contributed by atoms with van der Waals surface area (Å²) >= 11 is 0. The van der Waals surface area contributed by atoms with E-state index in [-0.39, 0.29) is 24.8 Å². The average Bonchev–Trinajstić information content (AvgIpc) is 2.49. The van der Waals surface area contributed by atoms with E-state index in [1.54, 1.807) is 10.1 Å². The zero-order chi connectivity index (χ0) is 14.9. The van der Waals surface area contributed by atoms with E-state index < -0.39 is 0 Å². The van der Waals surface area contributed by atoms with Crippen molar-refractivity contribution < 1.29 is 19.3 Å². The number of rotatable bonds is 6. The molecule has 2 N–H and O–H groups in total. The molecule has 2 aliphatic rings. The molecule has 21 heavy (non-hydrogen) atoms. The molecule has 0 aromatic carbocycles. The van der Waals surface area contributed by atoms with Crippen LogP contribution >= 0.6 is 0 Å². The molecule has 8 nitrogen and oxygen atoms in total. The van der Waals surface area contributed by atoms with E-state index in [0.717, 1.165) is 26.2 Å². The maximum Gasteiger partial charge on any atom is 0.325 e. The summed E-state index contributed by atoms with van der Waals surface area (Å²) < 4.78 is 0. The Morgan fingerprint density at radius 3 is 1.52 bits per heavy atom. The Hall–Kier alpha value is -1.22. The predicted octanol–water partition coefficient (Wildman–Crippen LogP) is -1.12. The third-order valence-corrected chi connectivity index (χ3v) is 3.38. The molecule has 2 aliphatic heterocycles. The molecule has 0 aromatic heterocycles. The van der Waals surface area contributed by atoms with Crippen LogP contribution in [0.25, 0.3) is 0 Å². The number of hydroxylamine groups is 4. The molecule has 0 atom stereocenters. The normalized spacial score (nSPS) is 21.0. The monoisotopic (exact) mass is 300 g/mol. The Morgan fingerprint density at radius 1 is 0.762 bits per heavy atom. The first kappa shape index (κ1) is 16.2. The fourth-order valence-electron chi connectivity index (χ4n) is 2.23. The highest BCUT2D eigenvalue weighted by molar-refractivity contribution is 5.72. The zero-order valence-corrected chi connectivity index (χ0v) is 12.3. The van der Waals surface area contributed by atoms with E-state index in [0.29, 0.717) is 32.6 Å². The first-order chi connectivity index (χ1) is 10.2. The molecule has 0 unspecified atom stereocenters. The summed E-state index contributed by atoms with van der Waals surface area (Å²) in [6.07, 6.45) is 0.928. The number of nitrogens with one attached hydrogen (secondary N) is 2. The molecule has 2 saturated heterocycles. The van der Waals surface area contributed by atoms with Gasteiger partial charge in [0.25, 0.3) is 0 Å². The number of hydrogen-bond donors (Lipinski definition) is 2. The van der Waals surface area contributed by atoms with E-state index in [4.69, 9.17) is 9.68 Å². The van der Waals surface area contributed by atoms with Crippen LogP contribution in [0.4, 0.5) is 0 Å². The van der Waals surface area contributed by atoms with Crippen LogP contribution in [-0.2, 0) is 19.3 Å². The Kier molecular flexibility index (Phi) is 6.87. The molecular formula is C13H24N4O4. The highest BCUT2D eigenvalue weighted by Crippen LogP contribution is 2.04. The zero-order valence-electron chi connectivity index (χ0n) is 12.3. The Bertz CT molecular complexity index is 309. The van der Waals surface area contributed by atoms with E-state index in [2.05, 4.69) is 10.6 Å². The fraction of sp³-hybridized carbons (Fsp3) is 0.846. The molecule has 0 aliphatic carbocycles. The molecule has 0 aromatic rings. The molecule has 0 bridgehead atoms. The standard InChI is InChI=1S/C13H24N4O4/c18-12(20-16-8-4-14-5-9-16)2-1-3-13(19)21-17-10-6-15-7-11-17/h14-15H,1-11H2. The minimum Gasteiger partial charge on any atom is -0.368 e. The second kappa shape index (κ2) is 8.93. The van der Waals surface area contributed by atoms with Crippen LogP contribution in [-0.4, -0.2) is 74.4 Å². The lowest BCUT2D eigenvalue weighted by molar-refractivity contribution is -0.194. The summed E-state index contributed by atoms with van der Waals surface area (Å²) in [5, 5.41) is 9.69. The molecule has 0 amide bonds. The van der Waals surface area contributed by atoms with Crippen LogP contribution in [0.3, 0.4) is 0 Å². The molecule has 0 saturated carbocycles. The van der Waals surface area contributed by atoms with Crippen molar-refractivity contribution in [1.29, 1.82) is 0 Å². The molecule has 2 heterocycles. The summed E-state index contributed by atoms with van der Waals surface area (Å²) in [7, 11) is 0. The summed E-state index contributed by atoms with van der Waals surface area (Å²) in [5.41, 5.74) is 0. The molecule has 2 rings (SSSR count). The first-order valence-electron chi connectivity index (χ1n) is 7.57. The third kappa shape index (κ3) is 6.38. The van der Waals surface area contributed by atoms with Gasteiger partial charge in [-0.2, -0.15) is 0 Å². The summed E-state index contributed by atoms with van der Waals surface area (Å²) in [4.78, 5) is 33.7. The largest absolute Gasteiger partial charge is 0.368 e. The van der Waals surface area contributed by atoms with Crippen LogP contribution < -0.4 is 10.6 Å². The summed E-state index contributed by atoms with van der Waals surface area (Å²) in [6, 6.07) is 0. The van der Waals surface area contributed by atoms with Crippen LogP contribution in [0, 0.1) is 0 Å². The van der Waals surface area contributed by atoms with Crippen LogP contribution in [0.2, 0.25) is 0 Å². The second-order valence-corrected chi connectivity index (χ2v) is 5.14. The highest BCUT2D eigenvalue weighted by atomic mass is 16.7. The van der Waals surface area contributed by atoms with E-state index in [9.17, 15) is 9.59 Å². The number of carbonyl (C=O) groups is 2. The molecule has 120 valence electrons. The van der Waals surface area contributed by atoms with Crippen molar-refractivity contribution in [3.8, 4) is 0 Å². The van der Waals surface area contributed by atoms with Gasteiger partial charge in [-0.05, 0) is 6.42 Å². The van der Waals surface area contributed by atoms with Gasteiger partial charge in [0, 0.05) is 65.2 Å². The number of nitrogens with zero attached hydrogens (tertiary/aromatic N) is 2. The molecular weight excluding hydrogens is 276 g/mol. The average molecular weight is 300 g/mol. The third-order valence-electron chi connectivity index (χ3n) is 3.38. The van der Waals surface area contributed by atoms with Crippen molar-refractivity contribution >= 4 is 11.9 Å². The number of hydrogen-bond acceptors (Lipinski definition) is 8. The van der Waals surface area contributed by atoms with Gasteiger partial charge in [-0.25, -0.2) is 0 Å². The van der Waals surface area contributed by atoms with Gasteiger partial charge in [0.15, 0.2) is 0 Å². The van der Waals surface area contributed by atoms with Gasteiger partial charge in [-0.1, -0.05) is 0 Å². The quantitative estimate of drug-likeness (QED) is 0.638. The summed E-state index contributed by atoms with van der Waals surface area (Å²) in [6.45, 7) is 6.12. The molecule has 2 fully saturated rings. The minimum absolute atomic E-state index is 0.237. The molecule has 0 radical (unpaired) electrons. The first-order valence-corrected chi connectivity index (χ1v) is 7.57. The lowest BCUT2D eigenvalue weighted by atomic mass is 10.2. The van der Waals surface area contributed by atoms with Crippen LogP contribution in [0.1, 0.15) is 19.3 Å². The van der Waals surface area contributed by atoms with Crippen molar-refractivity contribution in [2.75, 3.05) is 52.4 Å². The smallest absolute Gasteiger partial charge is 0.325 e. The van der Waals surface area contributed by atoms with E-state index in [1.807, 2.05) is 0 Å². The maximum absolute atomic E-state index is 11.6. The van der Waals surface area contributed by atoms with Gasteiger partial charge in [0.1, 0.15) is 0 Å². The van der Waals surface area contributed by atoms with Crippen LogP contribution in [0.5, 0.6) is 0 Å². The van der Waals surface area contributed by atoms with Gasteiger partial charge >= 0.3 is 11.9 Å².